The fourth-order valence-electron chi connectivity index (χ4n) is 0.564. The van der Waals surface area contributed by atoms with E-state index in [-0.39, 0.29) is 6.54 Å². The van der Waals surface area contributed by atoms with Crippen LogP contribution in [-0.4, -0.2) is 27.5 Å². The number of halogens is 2. The summed E-state index contributed by atoms with van der Waals surface area (Å²) in [6, 6.07) is 0. The zero-order chi connectivity index (χ0) is 8.97. The van der Waals surface area contributed by atoms with Crippen molar-refractivity contribution in [1.82, 2.24) is 20.5 Å². The molecule has 0 saturated carbocycles. The number of nitrogens with one attached hydrogen (secondary N) is 2. The summed E-state index contributed by atoms with van der Waals surface area (Å²) < 4.78 is 23.2. The summed E-state index contributed by atoms with van der Waals surface area (Å²) in [5.41, 5.74) is 0. The lowest BCUT2D eigenvalue weighted by Gasteiger charge is -1.99. The van der Waals surface area contributed by atoms with Crippen LogP contribution in [0.1, 0.15) is 5.82 Å². The van der Waals surface area contributed by atoms with Gasteiger partial charge >= 0.3 is 6.43 Å². The van der Waals surface area contributed by atoms with Crippen molar-refractivity contribution in [2.75, 3.05) is 0 Å². The number of rotatable bonds is 3. The number of nitrogens with zero attached hydrogens (tertiary/aromatic N) is 2. The molecule has 0 aliphatic carbocycles. The molecule has 0 atom stereocenters. The van der Waals surface area contributed by atoms with Crippen LogP contribution >= 0.6 is 0 Å². The smallest absolute Gasteiger partial charge is 0.315 e. The third kappa shape index (κ3) is 2.26. The molecule has 1 rings (SSSR count). The van der Waals surface area contributed by atoms with Gasteiger partial charge in [-0.3, -0.25) is 9.89 Å². The molecule has 5 nitrogen and oxygen atoms in total. The van der Waals surface area contributed by atoms with Gasteiger partial charge in [0.1, 0.15) is 12.2 Å². The molecule has 1 aromatic rings. The molecule has 0 aromatic carbocycles. The van der Waals surface area contributed by atoms with Crippen LogP contribution in [0.25, 0.3) is 0 Å². The molecule has 12 heavy (non-hydrogen) atoms. The Labute approximate surface area is 66.2 Å². The Balaban J connectivity index is 2.32. The lowest BCUT2D eigenvalue weighted by molar-refractivity contribution is -0.131. The summed E-state index contributed by atoms with van der Waals surface area (Å²) >= 11 is 0. The maximum Gasteiger partial charge on any atom is 0.315 e. The summed E-state index contributed by atoms with van der Waals surface area (Å²) in [5.74, 6) is -0.976. The minimum atomic E-state index is -2.99. The molecule has 2 N–H and O–H groups in total. The molecule has 0 fully saturated rings. The molecule has 1 heterocycles. The Bertz CT molecular complexity index is 248. The number of hydrogen-bond acceptors (Lipinski definition) is 3. The zero-order valence-electron chi connectivity index (χ0n) is 5.92. The first-order chi connectivity index (χ1) is 5.70. The van der Waals surface area contributed by atoms with Gasteiger partial charge in [-0.25, -0.2) is 4.98 Å². The van der Waals surface area contributed by atoms with Crippen molar-refractivity contribution in [2.24, 2.45) is 0 Å². The predicted molar refractivity (Wildman–Crippen MR) is 34.2 cm³/mol. The summed E-state index contributed by atoms with van der Waals surface area (Å²) in [6.07, 6.45) is -1.77. The van der Waals surface area contributed by atoms with Crippen molar-refractivity contribution in [2.45, 2.75) is 13.0 Å². The van der Waals surface area contributed by atoms with Crippen LogP contribution < -0.4 is 5.32 Å². The standard InChI is InChI=1S/C5H6F2N4O/c6-4(7)5(12)8-1-3-9-2-10-11-3/h2,4H,1H2,(H,8,12)(H,9,10,11). The largest absolute Gasteiger partial charge is 0.344 e. The lowest BCUT2D eigenvalue weighted by atomic mass is 10.5. The molecule has 0 saturated heterocycles. The molecule has 1 aromatic heterocycles. The third-order valence-corrected chi connectivity index (χ3v) is 1.09. The Morgan fingerprint density at radius 3 is 3.00 bits per heavy atom. The fraction of sp³-hybridized carbons (Fsp3) is 0.400. The Morgan fingerprint density at radius 1 is 1.75 bits per heavy atom. The summed E-state index contributed by atoms with van der Waals surface area (Å²) in [5, 5.41) is 7.84. The third-order valence-electron chi connectivity index (χ3n) is 1.09. The molecule has 7 heteroatoms. The molecular formula is C5H6F2N4O. The minimum absolute atomic E-state index is 0.0663. The highest BCUT2D eigenvalue weighted by molar-refractivity contribution is 5.78. The van der Waals surface area contributed by atoms with E-state index in [1.165, 1.54) is 6.33 Å². The van der Waals surface area contributed by atoms with Gasteiger partial charge in [0.05, 0.1) is 6.54 Å². The minimum Gasteiger partial charge on any atom is -0.344 e. The quantitative estimate of drug-likeness (QED) is 0.663. The molecule has 1 amide bonds. The molecule has 0 spiro atoms. The topological polar surface area (TPSA) is 70.7 Å². The van der Waals surface area contributed by atoms with Crippen LogP contribution in [-0.2, 0) is 11.3 Å². The van der Waals surface area contributed by atoms with Gasteiger partial charge in [-0.05, 0) is 0 Å². The van der Waals surface area contributed by atoms with E-state index in [0.29, 0.717) is 5.82 Å². The van der Waals surface area contributed by atoms with Crippen molar-refractivity contribution >= 4 is 5.91 Å². The second kappa shape index (κ2) is 3.74. The van der Waals surface area contributed by atoms with Gasteiger partial charge in [-0.1, -0.05) is 0 Å². The maximum absolute atomic E-state index is 11.6. The van der Waals surface area contributed by atoms with Crippen molar-refractivity contribution < 1.29 is 13.6 Å². The SMILES string of the molecule is O=C(NCc1ncn[nH]1)C(F)F. The molecule has 66 valence electrons. The number of H-pyrrole nitrogens is 1. The highest BCUT2D eigenvalue weighted by atomic mass is 19.3. The first kappa shape index (κ1) is 8.57. The van der Waals surface area contributed by atoms with E-state index in [0.717, 1.165) is 0 Å². The van der Waals surface area contributed by atoms with Crippen molar-refractivity contribution in [3.05, 3.63) is 12.2 Å². The number of hydrogen-bond donors (Lipinski definition) is 2. The molecule has 0 aliphatic heterocycles. The molecule has 0 aliphatic rings. The number of carbonyl (C=O) groups excluding carboxylic acids is 1. The number of amides is 1. The number of aromatic nitrogens is 3. The van der Waals surface area contributed by atoms with Crippen molar-refractivity contribution in [3.8, 4) is 0 Å². The van der Waals surface area contributed by atoms with Gasteiger partial charge in [0, 0.05) is 0 Å². The Kier molecular flexibility index (Phi) is 2.67. The average Bonchev–Trinajstić information content (AvgIpc) is 2.51. The van der Waals surface area contributed by atoms with E-state index in [2.05, 4.69) is 15.2 Å². The maximum atomic E-state index is 11.6. The predicted octanol–water partition coefficient (Wildman–Crippen LogP) is -0.314. The summed E-state index contributed by atoms with van der Waals surface area (Å²) in [7, 11) is 0. The molecule has 0 radical (unpaired) electrons. The monoisotopic (exact) mass is 176 g/mol. The van der Waals surface area contributed by atoms with Crippen LogP contribution in [0, 0.1) is 0 Å². The van der Waals surface area contributed by atoms with Crippen LogP contribution in [0.4, 0.5) is 8.78 Å². The average molecular weight is 176 g/mol. The first-order valence-electron chi connectivity index (χ1n) is 3.10. The lowest BCUT2D eigenvalue weighted by Crippen LogP contribution is -2.29. The van der Waals surface area contributed by atoms with Crippen LogP contribution in [0.2, 0.25) is 0 Å². The van der Waals surface area contributed by atoms with Crippen LogP contribution in [0.5, 0.6) is 0 Å². The number of alkyl halides is 2. The summed E-state index contributed by atoms with van der Waals surface area (Å²) in [4.78, 5) is 13.9. The van der Waals surface area contributed by atoms with E-state index in [1.54, 1.807) is 0 Å². The second-order valence-electron chi connectivity index (χ2n) is 1.95. The van der Waals surface area contributed by atoms with Crippen molar-refractivity contribution in [1.29, 1.82) is 0 Å². The Morgan fingerprint density at radius 2 is 2.50 bits per heavy atom. The van der Waals surface area contributed by atoms with Gasteiger partial charge in [0.2, 0.25) is 0 Å². The van der Waals surface area contributed by atoms with Crippen LogP contribution in [0.3, 0.4) is 0 Å². The van der Waals surface area contributed by atoms with Gasteiger partial charge in [-0.2, -0.15) is 13.9 Å². The second-order valence-corrected chi connectivity index (χ2v) is 1.95. The number of carbonyl (C=O) groups is 1. The van der Waals surface area contributed by atoms with Crippen molar-refractivity contribution in [3.63, 3.8) is 0 Å². The highest BCUT2D eigenvalue weighted by Gasteiger charge is 2.14. The first-order valence-corrected chi connectivity index (χ1v) is 3.10. The van der Waals surface area contributed by atoms with E-state index in [4.69, 9.17) is 0 Å². The normalized spacial score (nSPS) is 10.2. The highest BCUT2D eigenvalue weighted by Crippen LogP contribution is 1.92. The van der Waals surface area contributed by atoms with E-state index in [9.17, 15) is 13.6 Å². The van der Waals surface area contributed by atoms with E-state index < -0.39 is 12.3 Å². The summed E-state index contributed by atoms with van der Waals surface area (Å²) in [6.45, 7) is -0.0663. The van der Waals surface area contributed by atoms with Gasteiger partial charge in [0.25, 0.3) is 5.91 Å². The Hall–Kier alpha value is -1.53. The fourth-order valence-corrected chi connectivity index (χ4v) is 0.564. The van der Waals surface area contributed by atoms with Gasteiger partial charge in [-0.15, -0.1) is 0 Å². The number of aromatic amines is 1. The van der Waals surface area contributed by atoms with Gasteiger partial charge < -0.3 is 5.32 Å². The van der Waals surface area contributed by atoms with Crippen LogP contribution in [0.15, 0.2) is 6.33 Å². The molecule has 0 unspecified atom stereocenters. The van der Waals surface area contributed by atoms with E-state index >= 15 is 0 Å². The van der Waals surface area contributed by atoms with E-state index in [1.807, 2.05) is 5.32 Å². The molecular weight excluding hydrogens is 170 g/mol. The van der Waals surface area contributed by atoms with Gasteiger partial charge in [0.15, 0.2) is 0 Å². The molecule has 0 bridgehead atoms. The zero-order valence-corrected chi connectivity index (χ0v) is 5.92.